The molecular formula is C56H110O10. The lowest BCUT2D eigenvalue weighted by Gasteiger charge is -2.19. The standard InChI is InChI=1S/C56H110O10/c1-6-11-15-19-21-29-37-52(35-27-17-13-8-3)55(57)65-42-33-24-23-31-40-62-50-54(51-63-49-48-61-47-46-60-45-44-59-39-10-5)64-41-32-25-26-34-43-66-56(58)53(36-28-18-14-9-4)38-30-22-20-16-12-7-2/h52-54H,6-51H2,1-5H3. The van der Waals surface area contributed by atoms with Crippen molar-refractivity contribution in [2.45, 2.75) is 253 Å². The second kappa shape index (κ2) is 54.6. The van der Waals surface area contributed by atoms with E-state index in [1.54, 1.807) is 0 Å². The first-order valence-corrected chi connectivity index (χ1v) is 28.4. The molecule has 394 valence electrons. The highest BCUT2D eigenvalue weighted by molar-refractivity contribution is 5.72. The summed E-state index contributed by atoms with van der Waals surface area (Å²) >= 11 is 0. The minimum atomic E-state index is -0.149. The number of rotatable bonds is 56. The highest BCUT2D eigenvalue weighted by atomic mass is 16.6. The first-order valence-electron chi connectivity index (χ1n) is 28.4. The first kappa shape index (κ1) is 64.7. The van der Waals surface area contributed by atoms with Crippen molar-refractivity contribution >= 4 is 11.9 Å². The van der Waals surface area contributed by atoms with Gasteiger partial charge < -0.3 is 37.9 Å². The van der Waals surface area contributed by atoms with Crippen molar-refractivity contribution in [1.82, 2.24) is 0 Å². The summed E-state index contributed by atoms with van der Waals surface area (Å²) in [4.78, 5) is 26.0. The third-order valence-electron chi connectivity index (χ3n) is 12.4. The smallest absolute Gasteiger partial charge is 0.308 e. The average Bonchev–Trinajstić information content (AvgIpc) is 3.32. The Morgan fingerprint density at radius 2 is 0.591 bits per heavy atom. The van der Waals surface area contributed by atoms with Crippen LogP contribution in [0.2, 0.25) is 0 Å². The van der Waals surface area contributed by atoms with Crippen molar-refractivity contribution in [3.63, 3.8) is 0 Å². The van der Waals surface area contributed by atoms with E-state index in [4.69, 9.17) is 37.9 Å². The van der Waals surface area contributed by atoms with Crippen molar-refractivity contribution in [3.8, 4) is 0 Å². The lowest BCUT2D eigenvalue weighted by Crippen LogP contribution is -2.27. The van der Waals surface area contributed by atoms with Gasteiger partial charge in [-0.15, -0.1) is 0 Å². The summed E-state index contributed by atoms with van der Waals surface area (Å²) in [5, 5.41) is 0. The Balaban J connectivity index is 4.58. The van der Waals surface area contributed by atoms with Gasteiger partial charge in [0.1, 0.15) is 6.10 Å². The van der Waals surface area contributed by atoms with Gasteiger partial charge in [-0.3, -0.25) is 9.59 Å². The van der Waals surface area contributed by atoms with Crippen molar-refractivity contribution in [3.05, 3.63) is 0 Å². The van der Waals surface area contributed by atoms with Crippen LogP contribution < -0.4 is 0 Å². The molecule has 0 fully saturated rings. The van der Waals surface area contributed by atoms with E-state index in [-0.39, 0.29) is 29.9 Å². The molecule has 0 bridgehead atoms. The van der Waals surface area contributed by atoms with E-state index < -0.39 is 0 Å². The minimum Gasteiger partial charge on any atom is -0.465 e. The molecule has 0 aliphatic heterocycles. The van der Waals surface area contributed by atoms with Crippen LogP contribution in [0.1, 0.15) is 247 Å². The van der Waals surface area contributed by atoms with Crippen LogP contribution in [0.25, 0.3) is 0 Å². The maximum atomic E-state index is 13.0. The average molecular weight is 943 g/mol. The zero-order chi connectivity index (χ0) is 48.1. The fourth-order valence-electron chi connectivity index (χ4n) is 8.16. The third kappa shape index (κ3) is 46.4. The lowest BCUT2D eigenvalue weighted by molar-refractivity contribution is -0.150. The number of ether oxygens (including phenoxy) is 8. The van der Waals surface area contributed by atoms with Crippen LogP contribution in [0.4, 0.5) is 0 Å². The van der Waals surface area contributed by atoms with E-state index in [2.05, 4.69) is 34.6 Å². The van der Waals surface area contributed by atoms with Crippen LogP contribution in [0.15, 0.2) is 0 Å². The topological polar surface area (TPSA) is 108 Å². The molecule has 0 heterocycles. The lowest BCUT2D eigenvalue weighted by atomic mass is 9.94. The molecule has 0 aliphatic rings. The summed E-state index contributed by atoms with van der Waals surface area (Å²) in [7, 11) is 0. The highest BCUT2D eigenvalue weighted by Crippen LogP contribution is 2.22. The summed E-state index contributed by atoms with van der Waals surface area (Å²) in [6.45, 7) is 18.4. The van der Waals surface area contributed by atoms with Crippen molar-refractivity contribution in [1.29, 1.82) is 0 Å². The highest BCUT2D eigenvalue weighted by Gasteiger charge is 2.20. The molecule has 0 amide bonds. The maximum absolute atomic E-state index is 13.0. The Kier molecular flexibility index (Phi) is 53.6. The zero-order valence-corrected chi connectivity index (χ0v) is 44.3. The molecule has 0 aromatic carbocycles. The molecular weight excluding hydrogens is 833 g/mol. The Labute approximate surface area is 408 Å². The number of carbonyl (C=O) groups excluding carboxylic acids is 2. The van der Waals surface area contributed by atoms with Crippen LogP contribution in [0.5, 0.6) is 0 Å². The monoisotopic (exact) mass is 943 g/mol. The molecule has 0 spiro atoms. The van der Waals surface area contributed by atoms with Crippen LogP contribution >= 0.6 is 0 Å². The van der Waals surface area contributed by atoms with Gasteiger partial charge in [-0.05, 0) is 70.6 Å². The zero-order valence-electron chi connectivity index (χ0n) is 44.3. The Morgan fingerprint density at radius 1 is 0.288 bits per heavy atom. The molecule has 0 radical (unpaired) electrons. The van der Waals surface area contributed by atoms with Gasteiger partial charge in [-0.1, -0.05) is 176 Å². The number of hydrogen-bond donors (Lipinski definition) is 0. The molecule has 0 rings (SSSR count). The SMILES string of the molecule is CCCCCCCCC(CCCCCC)C(=O)OCCCCCCOCC(COCCOCCOCCOCCC)OCCCCCCOC(=O)C(CCCCCC)CCCCCCCC. The molecule has 3 unspecified atom stereocenters. The van der Waals surface area contributed by atoms with Crippen LogP contribution in [-0.4, -0.2) is 104 Å². The fourth-order valence-corrected chi connectivity index (χ4v) is 8.16. The summed E-state index contributed by atoms with van der Waals surface area (Å²) in [5.74, 6) is 0.168. The third-order valence-corrected chi connectivity index (χ3v) is 12.4. The van der Waals surface area contributed by atoms with E-state index in [1.807, 2.05) is 0 Å². The number of hydrogen-bond acceptors (Lipinski definition) is 10. The molecule has 66 heavy (non-hydrogen) atoms. The molecule has 3 atom stereocenters. The van der Waals surface area contributed by atoms with E-state index >= 15 is 0 Å². The number of unbranched alkanes of at least 4 members (excludes halogenated alkanes) is 22. The molecule has 0 saturated heterocycles. The Bertz CT molecular complexity index is 967. The van der Waals surface area contributed by atoms with Gasteiger partial charge >= 0.3 is 11.9 Å². The normalized spacial score (nSPS) is 13.0. The van der Waals surface area contributed by atoms with Crippen LogP contribution in [0, 0.1) is 11.8 Å². The predicted molar refractivity (Wildman–Crippen MR) is 273 cm³/mol. The van der Waals surface area contributed by atoms with Crippen LogP contribution in [-0.2, 0) is 47.5 Å². The summed E-state index contributed by atoms with van der Waals surface area (Å²) in [6, 6.07) is 0. The van der Waals surface area contributed by atoms with Gasteiger partial charge in [-0.2, -0.15) is 0 Å². The first-order chi connectivity index (χ1) is 32.5. The van der Waals surface area contributed by atoms with Crippen molar-refractivity contribution in [2.75, 3.05) is 85.9 Å². The molecule has 0 aromatic heterocycles. The number of carbonyl (C=O) groups is 2. The maximum Gasteiger partial charge on any atom is 0.308 e. The van der Waals surface area contributed by atoms with Gasteiger partial charge in [0.25, 0.3) is 0 Å². The summed E-state index contributed by atoms with van der Waals surface area (Å²) in [5.41, 5.74) is 0. The van der Waals surface area contributed by atoms with Crippen LogP contribution in [0.3, 0.4) is 0 Å². The van der Waals surface area contributed by atoms with Crippen molar-refractivity contribution in [2.24, 2.45) is 11.8 Å². The second-order valence-corrected chi connectivity index (χ2v) is 18.8. The molecule has 0 aromatic rings. The predicted octanol–water partition coefficient (Wildman–Crippen LogP) is 14.7. The molecule has 10 nitrogen and oxygen atoms in total. The summed E-state index contributed by atoms with van der Waals surface area (Å²) < 4.78 is 46.6. The molecule has 0 N–H and O–H groups in total. The van der Waals surface area contributed by atoms with E-state index in [9.17, 15) is 9.59 Å². The number of esters is 2. The second-order valence-electron chi connectivity index (χ2n) is 18.8. The molecule has 10 heteroatoms. The van der Waals surface area contributed by atoms with Gasteiger partial charge in [0.2, 0.25) is 0 Å². The summed E-state index contributed by atoms with van der Waals surface area (Å²) in [6.07, 6.45) is 37.1. The largest absolute Gasteiger partial charge is 0.465 e. The van der Waals surface area contributed by atoms with Gasteiger partial charge in [0, 0.05) is 19.8 Å². The van der Waals surface area contributed by atoms with Crippen molar-refractivity contribution < 1.29 is 47.5 Å². The Hall–Kier alpha value is -1.30. The molecule has 0 aliphatic carbocycles. The van der Waals surface area contributed by atoms with E-state index in [0.717, 1.165) is 116 Å². The van der Waals surface area contributed by atoms with Gasteiger partial charge in [0.15, 0.2) is 0 Å². The minimum absolute atomic E-state index is 0.0224. The fraction of sp³-hybridized carbons (Fsp3) is 0.964. The quantitative estimate of drug-likeness (QED) is 0.0432. The van der Waals surface area contributed by atoms with E-state index in [0.29, 0.717) is 79.3 Å². The molecule has 0 saturated carbocycles. The van der Waals surface area contributed by atoms with E-state index in [1.165, 1.54) is 103 Å². The van der Waals surface area contributed by atoms with Gasteiger partial charge in [-0.25, -0.2) is 0 Å². The van der Waals surface area contributed by atoms with Gasteiger partial charge in [0.05, 0.1) is 77.9 Å². The Morgan fingerprint density at radius 3 is 1.00 bits per heavy atom.